The molecular formula is C18H15F3N6OS. The van der Waals surface area contributed by atoms with E-state index in [-0.39, 0.29) is 0 Å². The van der Waals surface area contributed by atoms with Crippen molar-refractivity contribution in [2.45, 2.75) is 13.1 Å². The van der Waals surface area contributed by atoms with Gasteiger partial charge in [-0.2, -0.15) is 23.4 Å². The molecule has 0 aliphatic heterocycles. The summed E-state index contributed by atoms with van der Waals surface area (Å²) < 4.78 is 49.8. The van der Waals surface area contributed by atoms with Gasteiger partial charge in [0.05, 0.1) is 35.4 Å². The van der Waals surface area contributed by atoms with E-state index in [0.29, 0.717) is 17.1 Å². The smallest absolute Gasteiger partial charge is 0.404 e. The third kappa shape index (κ3) is 3.86. The van der Waals surface area contributed by atoms with Crippen molar-refractivity contribution in [2.75, 3.05) is 4.72 Å². The van der Waals surface area contributed by atoms with Gasteiger partial charge in [0.25, 0.3) is 0 Å². The Morgan fingerprint density at radius 2 is 1.97 bits per heavy atom. The first kappa shape index (κ1) is 19.1. The number of halogens is 3. The summed E-state index contributed by atoms with van der Waals surface area (Å²) in [5.74, 6) is 0.745. The van der Waals surface area contributed by atoms with Crippen LogP contribution in [0.3, 0.4) is 0 Å². The van der Waals surface area contributed by atoms with Crippen LogP contribution in [0.1, 0.15) is 11.1 Å². The lowest BCUT2D eigenvalue weighted by Crippen LogP contribution is -2.04. The van der Waals surface area contributed by atoms with Gasteiger partial charge < -0.3 is 4.18 Å². The Hall–Kier alpha value is -3.21. The maximum atomic E-state index is 12.8. The van der Waals surface area contributed by atoms with Crippen LogP contribution in [0.5, 0.6) is 5.75 Å². The maximum Gasteiger partial charge on any atom is 0.419 e. The van der Waals surface area contributed by atoms with Crippen LogP contribution < -0.4 is 8.91 Å². The lowest BCUT2D eigenvalue weighted by Gasteiger charge is -2.10. The number of hydrogen-bond acceptors (Lipinski definition) is 6. The summed E-state index contributed by atoms with van der Waals surface area (Å²) in [4.78, 5) is 4.18. The second kappa shape index (κ2) is 7.32. The summed E-state index contributed by atoms with van der Waals surface area (Å²) >= 11 is 1.00. The third-order valence-corrected chi connectivity index (χ3v) is 4.78. The normalized spacial score (nSPS) is 11.8. The zero-order valence-corrected chi connectivity index (χ0v) is 16.1. The minimum atomic E-state index is -4.45. The molecule has 0 saturated carbocycles. The third-order valence-electron chi connectivity index (χ3n) is 4.20. The number of hydrogen-bond donors (Lipinski definition) is 1. The van der Waals surface area contributed by atoms with Crippen LogP contribution in [-0.2, 0) is 13.2 Å². The Balaban J connectivity index is 1.46. The van der Waals surface area contributed by atoms with Crippen molar-refractivity contribution in [2.24, 2.45) is 7.05 Å². The fraction of sp³-hybridized carbons (Fsp3) is 0.167. The quantitative estimate of drug-likeness (QED) is 0.378. The number of anilines is 1. The van der Waals surface area contributed by atoms with Gasteiger partial charge in [-0.05, 0) is 24.6 Å². The average Bonchev–Trinajstić information content (AvgIpc) is 3.30. The number of aromatic nitrogens is 5. The molecule has 0 bridgehead atoms. The fourth-order valence-electron chi connectivity index (χ4n) is 2.84. The molecule has 0 aliphatic carbocycles. The van der Waals surface area contributed by atoms with Crippen molar-refractivity contribution in [3.05, 3.63) is 60.2 Å². The van der Waals surface area contributed by atoms with E-state index in [1.165, 1.54) is 6.20 Å². The van der Waals surface area contributed by atoms with E-state index >= 15 is 0 Å². The van der Waals surface area contributed by atoms with E-state index in [1.807, 2.05) is 25.2 Å². The Kier molecular flexibility index (Phi) is 4.82. The minimum absolute atomic E-state index is 0.297. The van der Waals surface area contributed by atoms with Gasteiger partial charge in [0.15, 0.2) is 23.8 Å². The van der Waals surface area contributed by atoms with E-state index in [0.717, 1.165) is 45.9 Å². The van der Waals surface area contributed by atoms with Gasteiger partial charge in [-0.1, -0.05) is 12.1 Å². The number of benzene rings is 1. The van der Waals surface area contributed by atoms with E-state index in [1.54, 1.807) is 23.9 Å². The molecule has 0 aliphatic rings. The number of alkyl halides is 3. The van der Waals surface area contributed by atoms with Crippen molar-refractivity contribution in [1.29, 1.82) is 0 Å². The van der Waals surface area contributed by atoms with Gasteiger partial charge in [0.2, 0.25) is 0 Å². The van der Waals surface area contributed by atoms with Crippen LogP contribution >= 0.6 is 12.2 Å². The van der Waals surface area contributed by atoms with Gasteiger partial charge in [0, 0.05) is 18.6 Å². The second-order valence-corrected chi connectivity index (χ2v) is 6.80. The Labute approximate surface area is 167 Å². The Morgan fingerprint density at radius 1 is 1.14 bits per heavy atom. The predicted molar refractivity (Wildman–Crippen MR) is 104 cm³/mol. The summed E-state index contributed by atoms with van der Waals surface area (Å²) in [6.07, 6.45) is 0.424. The maximum absolute atomic E-state index is 12.8. The number of nitrogens with zero attached hydrogens (tertiary/aromatic N) is 5. The molecule has 29 heavy (non-hydrogen) atoms. The molecule has 3 heterocycles. The van der Waals surface area contributed by atoms with Crippen molar-refractivity contribution in [3.8, 4) is 11.6 Å². The Morgan fingerprint density at radius 3 is 2.69 bits per heavy atom. The first-order valence-corrected chi connectivity index (χ1v) is 9.16. The van der Waals surface area contributed by atoms with E-state index < -0.39 is 11.7 Å². The molecule has 3 aromatic heterocycles. The molecule has 1 aromatic carbocycles. The molecule has 0 radical (unpaired) electrons. The van der Waals surface area contributed by atoms with Gasteiger partial charge in [-0.25, -0.2) is 9.67 Å². The largest absolute Gasteiger partial charge is 0.419 e. The highest BCUT2D eigenvalue weighted by Crippen LogP contribution is 2.30. The highest BCUT2D eigenvalue weighted by Gasteiger charge is 2.32. The van der Waals surface area contributed by atoms with E-state index in [4.69, 9.17) is 4.18 Å². The summed E-state index contributed by atoms with van der Waals surface area (Å²) in [6.45, 7) is 1.72. The number of para-hydroxylation sites is 1. The molecule has 0 spiro atoms. The van der Waals surface area contributed by atoms with Gasteiger partial charge in [-0.3, -0.25) is 9.40 Å². The molecule has 0 saturated heterocycles. The molecule has 11 heteroatoms. The highest BCUT2D eigenvalue weighted by atomic mass is 32.2. The van der Waals surface area contributed by atoms with E-state index in [9.17, 15) is 13.2 Å². The molecule has 7 nitrogen and oxygen atoms in total. The SMILES string of the molecule is Cc1cc(OSNc2cccc3cnn(C)c23)cnc1-n1cc(C(F)(F)F)cn1. The monoisotopic (exact) mass is 420 g/mol. The van der Waals surface area contributed by atoms with Gasteiger partial charge in [-0.15, -0.1) is 0 Å². The molecular weight excluding hydrogens is 405 g/mol. The van der Waals surface area contributed by atoms with Crippen LogP contribution in [0.15, 0.2) is 49.1 Å². The van der Waals surface area contributed by atoms with Crippen LogP contribution in [0.25, 0.3) is 16.7 Å². The summed E-state index contributed by atoms with van der Waals surface area (Å²) in [6, 6.07) is 7.46. The fourth-order valence-corrected chi connectivity index (χ4v) is 3.33. The molecule has 4 aromatic rings. The van der Waals surface area contributed by atoms with E-state index in [2.05, 4.69) is 19.9 Å². The number of fused-ring (bicyclic) bond motifs is 1. The zero-order valence-electron chi connectivity index (χ0n) is 15.3. The van der Waals surface area contributed by atoms with Crippen LogP contribution in [0, 0.1) is 6.92 Å². The summed E-state index contributed by atoms with van der Waals surface area (Å²) in [5.41, 5.74) is 1.56. The standard InChI is InChI=1S/C18H15F3N6OS/c1-11-6-14(9-22-17(11)27-10-13(8-24-27)18(19,20)21)28-29-25-15-5-3-4-12-7-23-26(2)16(12)15/h3-10,25H,1-2H3. The minimum Gasteiger partial charge on any atom is -0.404 e. The van der Waals surface area contributed by atoms with Crippen molar-refractivity contribution in [3.63, 3.8) is 0 Å². The van der Waals surface area contributed by atoms with Crippen molar-refractivity contribution >= 4 is 28.8 Å². The lowest BCUT2D eigenvalue weighted by atomic mass is 10.2. The molecule has 1 N–H and O–H groups in total. The summed E-state index contributed by atoms with van der Waals surface area (Å²) in [7, 11) is 1.85. The number of nitrogens with one attached hydrogen (secondary N) is 1. The molecule has 4 rings (SSSR count). The molecule has 0 unspecified atom stereocenters. The Bertz CT molecular complexity index is 1170. The summed E-state index contributed by atoms with van der Waals surface area (Å²) in [5, 5.41) is 8.97. The number of aryl methyl sites for hydroxylation is 2. The molecule has 0 atom stereocenters. The topological polar surface area (TPSA) is 69.8 Å². The molecule has 0 fully saturated rings. The van der Waals surface area contributed by atoms with Crippen LogP contribution in [0.2, 0.25) is 0 Å². The predicted octanol–water partition coefficient (Wildman–Crippen LogP) is 4.54. The number of pyridine rings is 1. The average molecular weight is 420 g/mol. The molecule has 150 valence electrons. The van der Waals surface area contributed by atoms with Gasteiger partial charge in [0.1, 0.15) is 0 Å². The highest BCUT2D eigenvalue weighted by molar-refractivity contribution is 7.96. The molecule has 0 amide bonds. The van der Waals surface area contributed by atoms with Crippen LogP contribution in [0.4, 0.5) is 18.9 Å². The lowest BCUT2D eigenvalue weighted by molar-refractivity contribution is -0.137. The van der Waals surface area contributed by atoms with Crippen molar-refractivity contribution in [1.82, 2.24) is 24.5 Å². The second-order valence-electron chi connectivity index (χ2n) is 6.26. The number of rotatable bonds is 5. The van der Waals surface area contributed by atoms with Gasteiger partial charge >= 0.3 is 6.18 Å². The zero-order chi connectivity index (χ0) is 20.6. The first-order valence-electron chi connectivity index (χ1n) is 8.42. The first-order chi connectivity index (χ1) is 13.8. The van der Waals surface area contributed by atoms with Crippen LogP contribution in [-0.4, -0.2) is 24.5 Å². The van der Waals surface area contributed by atoms with Crippen molar-refractivity contribution < 1.29 is 17.4 Å².